The first kappa shape index (κ1) is 19.2. The monoisotopic (exact) mass is 396 g/mol. The number of hydrogen-bond acceptors (Lipinski definition) is 3. The molecule has 28 heavy (non-hydrogen) atoms. The minimum Gasteiger partial charge on any atom is -0.325 e. The molecule has 4 nitrogen and oxygen atoms in total. The van der Waals surface area contributed by atoms with Crippen molar-refractivity contribution in [2.75, 3.05) is 18.4 Å². The van der Waals surface area contributed by atoms with E-state index >= 15 is 0 Å². The number of amides is 1. The lowest BCUT2D eigenvalue weighted by Gasteiger charge is -2.29. The van der Waals surface area contributed by atoms with Crippen molar-refractivity contribution in [1.29, 1.82) is 0 Å². The van der Waals surface area contributed by atoms with Gasteiger partial charge in [-0.15, -0.1) is 0 Å². The molecule has 1 atom stereocenters. The second-order valence-electron chi connectivity index (χ2n) is 7.83. The summed E-state index contributed by atoms with van der Waals surface area (Å²) in [7, 11) is 0. The average Bonchev–Trinajstić information content (AvgIpc) is 2.68. The second kappa shape index (κ2) is 8.06. The quantitative estimate of drug-likeness (QED) is 0.748. The van der Waals surface area contributed by atoms with Gasteiger partial charge in [0.1, 0.15) is 0 Å². The van der Waals surface area contributed by atoms with Gasteiger partial charge < -0.3 is 10.6 Å². The van der Waals surface area contributed by atoms with E-state index in [1.165, 1.54) is 11.1 Å². The van der Waals surface area contributed by atoms with E-state index in [1.54, 1.807) is 0 Å². The maximum atomic E-state index is 13.2. The number of Topliss-reactive ketones (excluding diaryl/α,β-unsaturated/α-hetero) is 1. The normalized spacial score (nSPS) is 18.4. The molecule has 2 N–H and O–H groups in total. The fourth-order valence-corrected chi connectivity index (χ4v) is 4.51. The Morgan fingerprint density at radius 1 is 1.14 bits per heavy atom. The van der Waals surface area contributed by atoms with Crippen LogP contribution in [0, 0.1) is 12.8 Å². The van der Waals surface area contributed by atoms with Crippen LogP contribution in [0.25, 0.3) is 0 Å². The number of benzene rings is 2. The molecule has 1 unspecified atom stereocenters. The van der Waals surface area contributed by atoms with E-state index in [-0.39, 0.29) is 17.6 Å². The van der Waals surface area contributed by atoms with Crippen molar-refractivity contribution in [3.63, 3.8) is 0 Å². The average molecular weight is 397 g/mol. The van der Waals surface area contributed by atoms with Crippen LogP contribution in [0.1, 0.15) is 45.5 Å². The zero-order chi connectivity index (χ0) is 19.7. The number of nitrogens with one attached hydrogen (secondary N) is 2. The molecule has 0 spiro atoms. The highest BCUT2D eigenvalue weighted by molar-refractivity contribution is 6.34. The van der Waals surface area contributed by atoms with Gasteiger partial charge >= 0.3 is 0 Å². The Hall–Kier alpha value is -2.17. The Balaban J connectivity index is 1.42. The van der Waals surface area contributed by atoms with Crippen molar-refractivity contribution in [2.24, 2.45) is 5.92 Å². The lowest BCUT2D eigenvalue weighted by atomic mass is 9.78. The third-order valence-electron chi connectivity index (χ3n) is 5.81. The van der Waals surface area contributed by atoms with Crippen LogP contribution in [0.2, 0.25) is 5.02 Å². The Kier molecular flexibility index (Phi) is 5.51. The van der Waals surface area contributed by atoms with Gasteiger partial charge in [-0.25, -0.2) is 0 Å². The van der Waals surface area contributed by atoms with E-state index in [9.17, 15) is 9.59 Å². The zero-order valence-corrected chi connectivity index (χ0v) is 16.9. The van der Waals surface area contributed by atoms with Crippen molar-refractivity contribution >= 4 is 29.0 Å². The maximum absolute atomic E-state index is 13.2. The van der Waals surface area contributed by atoms with Crippen LogP contribution in [0.15, 0.2) is 30.3 Å². The van der Waals surface area contributed by atoms with E-state index in [4.69, 9.17) is 11.6 Å². The van der Waals surface area contributed by atoms with Crippen LogP contribution in [0.3, 0.4) is 0 Å². The van der Waals surface area contributed by atoms with Crippen molar-refractivity contribution in [3.8, 4) is 0 Å². The maximum Gasteiger partial charge on any atom is 0.224 e. The lowest BCUT2D eigenvalue weighted by molar-refractivity contribution is -0.116. The number of anilines is 1. The van der Waals surface area contributed by atoms with Crippen LogP contribution in [0.4, 0.5) is 5.69 Å². The lowest BCUT2D eigenvalue weighted by Crippen LogP contribution is -2.35. The molecular weight excluding hydrogens is 372 g/mol. The molecule has 1 aliphatic carbocycles. The van der Waals surface area contributed by atoms with Crippen LogP contribution in [0.5, 0.6) is 0 Å². The topological polar surface area (TPSA) is 58.2 Å². The molecular formula is C23H25ClN2O2. The fourth-order valence-electron chi connectivity index (χ4n) is 4.21. The molecule has 0 fully saturated rings. The van der Waals surface area contributed by atoms with Gasteiger partial charge in [-0.3, -0.25) is 9.59 Å². The van der Waals surface area contributed by atoms with Crippen LogP contribution in [-0.4, -0.2) is 24.8 Å². The van der Waals surface area contributed by atoms with Crippen molar-refractivity contribution in [1.82, 2.24) is 5.32 Å². The molecule has 0 saturated carbocycles. The number of carbonyl (C=O) groups excluding carboxylic acids is 2. The van der Waals surface area contributed by atoms with Crippen LogP contribution < -0.4 is 10.6 Å². The van der Waals surface area contributed by atoms with Crippen LogP contribution in [-0.2, 0) is 24.1 Å². The fraction of sp³-hybridized carbons (Fsp3) is 0.391. The summed E-state index contributed by atoms with van der Waals surface area (Å²) in [6.45, 7) is 3.63. The first-order chi connectivity index (χ1) is 13.5. The minimum absolute atomic E-state index is 0.0200. The number of carbonyl (C=O) groups is 2. The van der Waals surface area contributed by atoms with E-state index in [0.717, 1.165) is 42.5 Å². The third kappa shape index (κ3) is 3.85. The largest absolute Gasteiger partial charge is 0.325 e. The van der Waals surface area contributed by atoms with Crippen molar-refractivity contribution in [3.05, 3.63) is 63.2 Å². The summed E-state index contributed by atoms with van der Waals surface area (Å²) in [5, 5.41) is 6.86. The summed E-state index contributed by atoms with van der Waals surface area (Å²) < 4.78 is 0. The molecule has 2 aliphatic rings. The predicted octanol–water partition coefficient (Wildman–Crippen LogP) is 4.11. The van der Waals surface area contributed by atoms with Gasteiger partial charge in [-0.1, -0.05) is 41.4 Å². The Morgan fingerprint density at radius 3 is 2.71 bits per heavy atom. The van der Waals surface area contributed by atoms with E-state index < -0.39 is 0 Å². The molecule has 4 rings (SSSR count). The Labute approximate surface area is 170 Å². The smallest absolute Gasteiger partial charge is 0.224 e. The summed E-state index contributed by atoms with van der Waals surface area (Å²) in [6.07, 6.45) is 3.64. The number of aryl methyl sites for hydroxylation is 2. The van der Waals surface area contributed by atoms with Crippen molar-refractivity contribution in [2.45, 2.75) is 39.0 Å². The first-order valence-electron chi connectivity index (χ1n) is 9.97. The SMILES string of the molecule is Cc1ccc(CCNCC2CCc3cc(Cl)c4c(c3C2=O)CCC(=O)N4)cc1. The molecule has 1 amide bonds. The molecule has 146 valence electrons. The predicted molar refractivity (Wildman–Crippen MR) is 112 cm³/mol. The van der Waals surface area contributed by atoms with Gasteiger partial charge in [-0.05, 0) is 61.9 Å². The molecule has 1 aliphatic heterocycles. The van der Waals surface area contributed by atoms with Gasteiger partial charge in [0.2, 0.25) is 5.91 Å². The van der Waals surface area contributed by atoms with E-state index in [0.29, 0.717) is 30.1 Å². The van der Waals surface area contributed by atoms with Gasteiger partial charge in [0.15, 0.2) is 5.78 Å². The highest BCUT2D eigenvalue weighted by atomic mass is 35.5. The molecule has 0 bridgehead atoms. The molecule has 0 aromatic heterocycles. The zero-order valence-electron chi connectivity index (χ0n) is 16.1. The molecule has 1 heterocycles. The second-order valence-corrected chi connectivity index (χ2v) is 8.24. The van der Waals surface area contributed by atoms with E-state index in [1.807, 2.05) is 6.07 Å². The summed E-state index contributed by atoms with van der Waals surface area (Å²) in [5.74, 6) is 0.133. The third-order valence-corrected chi connectivity index (χ3v) is 6.11. The van der Waals surface area contributed by atoms with Gasteiger partial charge in [0.25, 0.3) is 0 Å². The minimum atomic E-state index is -0.0352. The highest BCUT2D eigenvalue weighted by Crippen LogP contribution is 2.39. The number of hydrogen-bond donors (Lipinski definition) is 2. The van der Waals surface area contributed by atoms with Crippen molar-refractivity contribution < 1.29 is 9.59 Å². The van der Waals surface area contributed by atoms with Gasteiger partial charge in [-0.2, -0.15) is 0 Å². The number of halogens is 1. The molecule has 5 heteroatoms. The summed E-state index contributed by atoms with van der Waals surface area (Å²) in [4.78, 5) is 24.9. The van der Waals surface area contributed by atoms with Gasteiger partial charge in [0.05, 0.1) is 10.7 Å². The van der Waals surface area contributed by atoms with Crippen LogP contribution >= 0.6 is 11.6 Å². The molecule has 0 saturated heterocycles. The summed E-state index contributed by atoms with van der Waals surface area (Å²) in [5.41, 5.74) is 5.96. The number of ketones is 1. The standard InChI is InChI=1S/C23H25ClN2O2/c1-14-2-4-15(5-3-14)10-11-25-13-17-7-6-16-12-19(24)22-18(21(16)23(17)28)8-9-20(27)26-22/h2-5,12,17,25H,6-11,13H2,1H3,(H,26,27). The summed E-state index contributed by atoms with van der Waals surface area (Å²) in [6, 6.07) is 10.4. The van der Waals surface area contributed by atoms with Gasteiger partial charge in [0, 0.05) is 24.4 Å². The molecule has 0 radical (unpaired) electrons. The molecule has 2 aromatic rings. The highest BCUT2D eigenvalue weighted by Gasteiger charge is 2.33. The number of fused-ring (bicyclic) bond motifs is 3. The Morgan fingerprint density at radius 2 is 1.93 bits per heavy atom. The molecule has 2 aromatic carbocycles. The van der Waals surface area contributed by atoms with E-state index in [2.05, 4.69) is 41.8 Å². The Bertz CT molecular complexity index is 921. The first-order valence-corrected chi connectivity index (χ1v) is 10.4. The number of rotatable bonds is 5. The summed E-state index contributed by atoms with van der Waals surface area (Å²) >= 11 is 6.36.